The zero-order valence-electron chi connectivity index (χ0n) is 6.69. The van der Waals surface area contributed by atoms with Gasteiger partial charge in [0.15, 0.2) is 0 Å². The van der Waals surface area contributed by atoms with Crippen molar-refractivity contribution in [3.63, 3.8) is 0 Å². The van der Waals surface area contributed by atoms with Crippen molar-refractivity contribution in [3.8, 4) is 0 Å². The Bertz CT molecular complexity index is 406. The number of hydrogen-bond acceptors (Lipinski definition) is 1. The Morgan fingerprint density at radius 2 is 2.17 bits per heavy atom. The summed E-state index contributed by atoms with van der Waals surface area (Å²) >= 11 is 2.34. The van der Waals surface area contributed by atoms with Crippen LogP contribution in [0.5, 0.6) is 0 Å². The number of fused-ring (bicyclic) bond motifs is 1. The highest BCUT2D eigenvalue weighted by Gasteiger charge is 2.02. The number of halogens is 1. The summed E-state index contributed by atoms with van der Waals surface area (Å²) in [7, 11) is 1.93. The first-order valence-electron chi connectivity index (χ1n) is 3.76. The van der Waals surface area contributed by atoms with Crippen LogP contribution in [0, 0.1) is 3.57 Å². The van der Waals surface area contributed by atoms with Crippen LogP contribution in [0.2, 0.25) is 0 Å². The first-order valence-corrected chi connectivity index (χ1v) is 4.84. The third-order valence-electron chi connectivity index (χ3n) is 1.94. The summed E-state index contributed by atoms with van der Waals surface area (Å²) in [5, 5.41) is 4.43. The number of rotatable bonds is 1. The number of aromatic nitrogens is 1. The number of anilines is 1. The quantitative estimate of drug-likeness (QED) is 0.767. The molecule has 0 bridgehead atoms. The largest absolute Gasteiger partial charge is 0.386 e. The Morgan fingerprint density at radius 3 is 2.92 bits per heavy atom. The van der Waals surface area contributed by atoms with E-state index in [2.05, 4.69) is 51.1 Å². The molecule has 0 amide bonds. The fraction of sp³-hybridized carbons (Fsp3) is 0.111. The molecule has 0 saturated carbocycles. The summed E-state index contributed by atoms with van der Waals surface area (Å²) in [5.74, 6) is 0. The second-order valence-corrected chi connectivity index (χ2v) is 3.77. The first kappa shape index (κ1) is 7.91. The van der Waals surface area contributed by atoms with E-state index in [1.165, 1.54) is 14.5 Å². The molecule has 2 nitrogen and oxygen atoms in total. The molecule has 0 saturated heterocycles. The molecule has 0 fully saturated rings. The number of nitrogens with one attached hydrogen (secondary N) is 2. The van der Waals surface area contributed by atoms with E-state index in [-0.39, 0.29) is 0 Å². The van der Waals surface area contributed by atoms with Gasteiger partial charge in [0.05, 0.1) is 11.2 Å². The van der Waals surface area contributed by atoms with Crippen LogP contribution >= 0.6 is 22.6 Å². The summed E-state index contributed by atoms with van der Waals surface area (Å²) in [6.07, 6.45) is 1.97. The Balaban J connectivity index is 2.82. The van der Waals surface area contributed by atoms with Crippen molar-refractivity contribution in [1.82, 2.24) is 4.98 Å². The van der Waals surface area contributed by atoms with Crippen molar-refractivity contribution in [2.24, 2.45) is 0 Å². The van der Waals surface area contributed by atoms with Gasteiger partial charge >= 0.3 is 0 Å². The normalized spacial score (nSPS) is 10.5. The molecule has 1 aromatic heterocycles. The van der Waals surface area contributed by atoms with E-state index >= 15 is 0 Å². The molecule has 0 aliphatic carbocycles. The topological polar surface area (TPSA) is 27.8 Å². The molecule has 1 aromatic carbocycles. The van der Waals surface area contributed by atoms with Gasteiger partial charge in [-0.2, -0.15) is 0 Å². The van der Waals surface area contributed by atoms with Crippen LogP contribution in [0.4, 0.5) is 5.69 Å². The maximum Gasteiger partial charge on any atom is 0.0700 e. The molecule has 0 aliphatic rings. The smallest absolute Gasteiger partial charge is 0.0700 e. The highest BCUT2D eigenvalue weighted by atomic mass is 127. The number of aromatic amines is 1. The van der Waals surface area contributed by atoms with Crippen LogP contribution < -0.4 is 5.32 Å². The van der Waals surface area contributed by atoms with E-state index in [0.717, 1.165) is 5.69 Å². The maximum atomic E-state index is 3.21. The highest BCUT2D eigenvalue weighted by Crippen LogP contribution is 2.25. The second kappa shape index (κ2) is 2.97. The van der Waals surface area contributed by atoms with Gasteiger partial charge in [0, 0.05) is 22.2 Å². The van der Waals surface area contributed by atoms with Crippen molar-refractivity contribution >= 4 is 39.2 Å². The van der Waals surface area contributed by atoms with Crippen LogP contribution in [0.15, 0.2) is 24.4 Å². The Kier molecular flexibility index (Phi) is 1.96. The Morgan fingerprint density at radius 1 is 1.33 bits per heavy atom. The summed E-state index contributed by atoms with van der Waals surface area (Å²) < 4.78 is 1.28. The molecule has 0 spiro atoms. The average Bonchev–Trinajstić information content (AvgIpc) is 2.54. The first-order chi connectivity index (χ1) is 5.83. The molecule has 0 aliphatic heterocycles. The van der Waals surface area contributed by atoms with Gasteiger partial charge in [-0.1, -0.05) is 0 Å². The molecule has 1 heterocycles. The van der Waals surface area contributed by atoms with E-state index in [4.69, 9.17) is 0 Å². The fourth-order valence-electron chi connectivity index (χ4n) is 1.33. The Hall–Kier alpha value is -0.710. The van der Waals surface area contributed by atoms with E-state index < -0.39 is 0 Å². The van der Waals surface area contributed by atoms with Crippen LogP contribution in [0.3, 0.4) is 0 Å². The molecule has 62 valence electrons. The van der Waals surface area contributed by atoms with Gasteiger partial charge in [0.2, 0.25) is 0 Å². The van der Waals surface area contributed by atoms with E-state index in [0.29, 0.717) is 0 Å². The average molecular weight is 272 g/mol. The van der Waals surface area contributed by atoms with Crippen LogP contribution in [0.25, 0.3) is 10.9 Å². The predicted molar refractivity (Wildman–Crippen MR) is 60.6 cm³/mol. The second-order valence-electron chi connectivity index (χ2n) is 2.61. The zero-order chi connectivity index (χ0) is 8.55. The molecule has 0 unspecified atom stereocenters. The standard InChI is InChI=1S/C9H9IN2/c1-11-8-3-2-7(10)6-4-5-12-9(6)8/h2-5,11-12H,1H3. The van der Waals surface area contributed by atoms with Gasteiger partial charge in [-0.3, -0.25) is 0 Å². The molecule has 0 radical (unpaired) electrons. The molecule has 12 heavy (non-hydrogen) atoms. The number of H-pyrrole nitrogens is 1. The van der Waals surface area contributed by atoms with Crippen LogP contribution in [0.1, 0.15) is 0 Å². The number of benzene rings is 1. The molecular formula is C9H9IN2. The van der Waals surface area contributed by atoms with E-state index in [9.17, 15) is 0 Å². The minimum atomic E-state index is 1.15. The van der Waals surface area contributed by atoms with Gasteiger partial charge in [0.1, 0.15) is 0 Å². The highest BCUT2D eigenvalue weighted by molar-refractivity contribution is 14.1. The minimum absolute atomic E-state index is 1.15. The van der Waals surface area contributed by atoms with Crippen molar-refractivity contribution in [1.29, 1.82) is 0 Å². The molecule has 2 aromatic rings. The monoisotopic (exact) mass is 272 g/mol. The lowest BCUT2D eigenvalue weighted by Crippen LogP contribution is -1.89. The van der Waals surface area contributed by atoms with Gasteiger partial charge in [0.25, 0.3) is 0 Å². The van der Waals surface area contributed by atoms with E-state index in [1.54, 1.807) is 0 Å². The Labute approximate surface area is 84.5 Å². The molecule has 2 rings (SSSR count). The van der Waals surface area contributed by atoms with Crippen LogP contribution in [-0.2, 0) is 0 Å². The van der Waals surface area contributed by atoms with Gasteiger partial charge in [-0.25, -0.2) is 0 Å². The number of hydrogen-bond donors (Lipinski definition) is 2. The summed E-state index contributed by atoms with van der Waals surface area (Å²) in [6.45, 7) is 0. The molecule has 0 atom stereocenters. The molecule has 2 N–H and O–H groups in total. The van der Waals surface area contributed by atoms with Crippen molar-refractivity contribution < 1.29 is 0 Å². The van der Waals surface area contributed by atoms with Crippen LogP contribution in [-0.4, -0.2) is 12.0 Å². The summed E-state index contributed by atoms with van der Waals surface area (Å²) in [4.78, 5) is 3.21. The van der Waals surface area contributed by atoms with Crippen molar-refractivity contribution in [3.05, 3.63) is 28.0 Å². The third kappa shape index (κ3) is 1.08. The van der Waals surface area contributed by atoms with Crippen molar-refractivity contribution in [2.75, 3.05) is 12.4 Å². The lowest BCUT2D eigenvalue weighted by Gasteiger charge is -2.02. The predicted octanol–water partition coefficient (Wildman–Crippen LogP) is 2.81. The fourth-order valence-corrected chi connectivity index (χ4v) is 1.96. The van der Waals surface area contributed by atoms with Gasteiger partial charge < -0.3 is 10.3 Å². The summed E-state index contributed by atoms with van der Waals surface area (Å²) in [6, 6.07) is 6.29. The maximum absolute atomic E-state index is 3.21. The molecular weight excluding hydrogens is 263 g/mol. The lowest BCUT2D eigenvalue weighted by molar-refractivity contribution is 1.45. The van der Waals surface area contributed by atoms with Crippen molar-refractivity contribution in [2.45, 2.75) is 0 Å². The lowest BCUT2D eigenvalue weighted by atomic mass is 10.2. The zero-order valence-corrected chi connectivity index (χ0v) is 8.84. The SMILES string of the molecule is CNc1ccc(I)c2cc[nH]c12. The minimum Gasteiger partial charge on any atom is -0.386 e. The summed E-state index contributed by atoms with van der Waals surface area (Å²) in [5.41, 5.74) is 2.33. The molecule has 3 heteroatoms. The third-order valence-corrected chi connectivity index (χ3v) is 2.88. The van der Waals surface area contributed by atoms with Gasteiger partial charge in [-0.05, 0) is 40.8 Å². The van der Waals surface area contributed by atoms with Gasteiger partial charge in [-0.15, -0.1) is 0 Å². The van der Waals surface area contributed by atoms with E-state index in [1.807, 2.05) is 13.2 Å².